The lowest BCUT2D eigenvalue weighted by molar-refractivity contribution is 0.183. The summed E-state index contributed by atoms with van der Waals surface area (Å²) in [6.07, 6.45) is 2.29. The lowest BCUT2D eigenvalue weighted by Crippen LogP contribution is -2.30. The Balaban J connectivity index is 2.37. The van der Waals surface area contributed by atoms with Crippen LogP contribution in [0.1, 0.15) is 36.1 Å². The van der Waals surface area contributed by atoms with Gasteiger partial charge in [0.2, 0.25) is 0 Å². The molecule has 1 N–H and O–H groups in total. The van der Waals surface area contributed by atoms with Gasteiger partial charge in [0.25, 0.3) is 0 Å². The van der Waals surface area contributed by atoms with Crippen LogP contribution in [0.4, 0.5) is 0 Å². The third-order valence-electron chi connectivity index (χ3n) is 3.16. The molecule has 2 heteroatoms. The number of nitrogens with one attached hydrogen (secondary N) is 1. The molecule has 0 amide bonds. The maximum absolute atomic E-state index is 5.24. The molecule has 0 spiro atoms. The summed E-state index contributed by atoms with van der Waals surface area (Å²) in [5.41, 5.74) is 4.33. The van der Waals surface area contributed by atoms with E-state index in [-0.39, 0.29) is 0 Å². The van der Waals surface area contributed by atoms with Gasteiger partial charge in [0.05, 0.1) is 6.61 Å². The van der Waals surface area contributed by atoms with Crippen molar-refractivity contribution in [3.05, 3.63) is 34.9 Å². The van der Waals surface area contributed by atoms with Crippen molar-refractivity contribution in [2.24, 2.45) is 0 Å². The summed E-state index contributed by atoms with van der Waals surface area (Å²) in [4.78, 5) is 0. The minimum atomic E-state index is 0.533. The van der Waals surface area contributed by atoms with E-state index in [1.165, 1.54) is 16.7 Å². The normalized spacial score (nSPS) is 20.0. The molecule has 15 heavy (non-hydrogen) atoms. The Bertz CT molecular complexity index is 335. The molecule has 1 atom stereocenters. The van der Waals surface area contributed by atoms with Crippen LogP contribution in [0.3, 0.4) is 0 Å². The molecule has 1 aliphatic rings. The maximum atomic E-state index is 5.24. The summed E-state index contributed by atoms with van der Waals surface area (Å²) in [5, 5.41) is 3.55. The number of benzene rings is 1. The smallest absolute Gasteiger partial charge is 0.0715 e. The van der Waals surface area contributed by atoms with Gasteiger partial charge in [0, 0.05) is 13.2 Å². The first-order chi connectivity index (χ1) is 7.36. The largest absolute Gasteiger partial charge is 0.380 e. The standard InChI is InChI=1S/C13H19NO/c1-3-13-12-6-4-5-10(9-15-2)11(12)7-8-14-13/h4-6,13-14H,3,7-9H2,1-2H3. The number of methoxy groups -OCH3 is 1. The van der Waals surface area contributed by atoms with E-state index in [1.807, 2.05) is 0 Å². The van der Waals surface area contributed by atoms with Crippen LogP contribution < -0.4 is 5.32 Å². The summed E-state index contributed by atoms with van der Waals surface area (Å²) >= 11 is 0. The number of hydrogen-bond donors (Lipinski definition) is 1. The van der Waals surface area contributed by atoms with Gasteiger partial charge in [-0.1, -0.05) is 25.1 Å². The van der Waals surface area contributed by atoms with Crippen LogP contribution in [0, 0.1) is 0 Å². The van der Waals surface area contributed by atoms with E-state index < -0.39 is 0 Å². The van der Waals surface area contributed by atoms with Crippen LogP contribution in [-0.2, 0) is 17.8 Å². The van der Waals surface area contributed by atoms with E-state index in [2.05, 4.69) is 30.4 Å². The second kappa shape index (κ2) is 4.77. The molecule has 82 valence electrons. The van der Waals surface area contributed by atoms with Crippen molar-refractivity contribution in [3.8, 4) is 0 Å². The van der Waals surface area contributed by atoms with Crippen molar-refractivity contribution < 1.29 is 4.74 Å². The molecule has 0 saturated carbocycles. The molecular formula is C13H19NO. The summed E-state index contributed by atoms with van der Waals surface area (Å²) in [6.45, 7) is 4.06. The van der Waals surface area contributed by atoms with Crippen LogP contribution >= 0.6 is 0 Å². The fourth-order valence-electron chi connectivity index (χ4n) is 2.42. The van der Waals surface area contributed by atoms with Crippen molar-refractivity contribution in [2.75, 3.05) is 13.7 Å². The second-order valence-corrected chi connectivity index (χ2v) is 4.08. The van der Waals surface area contributed by atoms with E-state index in [1.54, 1.807) is 7.11 Å². The van der Waals surface area contributed by atoms with Crippen molar-refractivity contribution in [1.29, 1.82) is 0 Å². The Labute approximate surface area is 91.6 Å². The molecule has 0 fully saturated rings. The van der Waals surface area contributed by atoms with Gasteiger partial charge in [0.1, 0.15) is 0 Å². The lowest BCUT2D eigenvalue weighted by Gasteiger charge is -2.27. The summed E-state index contributed by atoms with van der Waals surface area (Å²) < 4.78 is 5.24. The van der Waals surface area contributed by atoms with Crippen LogP contribution in [0.15, 0.2) is 18.2 Å². The minimum Gasteiger partial charge on any atom is -0.380 e. The summed E-state index contributed by atoms with van der Waals surface area (Å²) in [5.74, 6) is 0. The molecule has 2 rings (SSSR count). The molecule has 0 bridgehead atoms. The molecule has 1 unspecified atom stereocenters. The monoisotopic (exact) mass is 205 g/mol. The molecule has 1 heterocycles. The highest BCUT2D eigenvalue weighted by atomic mass is 16.5. The van der Waals surface area contributed by atoms with Gasteiger partial charge >= 0.3 is 0 Å². The fraction of sp³-hybridized carbons (Fsp3) is 0.538. The van der Waals surface area contributed by atoms with E-state index in [0.29, 0.717) is 6.04 Å². The van der Waals surface area contributed by atoms with Gasteiger partial charge in [-0.25, -0.2) is 0 Å². The average molecular weight is 205 g/mol. The Kier molecular flexibility index (Phi) is 3.39. The van der Waals surface area contributed by atoms with E-state index >= 15 is 0 Å². The molecule has 0 radical (unpaired) electrons. The van der Waals surface area contributed by atoms with Gasteiger partial charge in [-0.15, -0.1) is 0 Å². The first kappa shape index (κ1) is 10.7. The van der Waals surface area contributed by atoms with Crippen molar-refractivity contribution in [1.82, 2.24) is 5.32 Å². The van der Waals surface area contributed by atoms with Gasteiger partial charge in [0.15, 0.2) is 0 Å². The zero-order chi connectivity index (χ0) is 10.7. The summed E-state index contributed by atoms with van der Waals surface area (Å²) in [7, 11) is 1.76. The maximum Gasteiger partial charge on any atom is 0.0715 e. The third kappa shape index (κ3) is 2.06. The Morgan fingerprint density at radius 3 is 3.07 bits per heavy atom. The molecule has 1 aromatic carbocycles. The Morgan fingerprint density at radius 1 is 1.47 bits per heavy atom. The Morgan fingerprint density at radius 2 is 2.33 bits per heavy atom. The highest BCUT2D eigenvalue weighted by Crippen LogP contribution is 2.27. The number of fused-ring (bicyclic) bond motifs is 1. The lowest BCUT2D eigenvalue weighted by atomic mass is 9.89. The highest BCUT2D eigenvalue weighted by Gasteiger charge is 2.19. The zero-order valence-corrected chi connectivity index (χ0v) is 9.55. The number of ether oxygens (including phenoxy) is 1. The van der Waals surface area contributed by atoms with E-state index in [0.717, 1.165) is 26.0 Å². The molecule has 1 aromatic rings. The molecule has 0 aromatic heterocycles. The van der Waals surface area contributed by atoms with Crippen molar-refractivity contribution in [2.45, 2.75) is 32.4 Å². The van der Waals surface area contributed by atoms with E-state index in [9.17, 15) is 0 Å². The topological polar surface area (TPSA) is 21.3 Å². The first-order valence-corrected chi connectivity index (χ1v) is 5.69. The molecule has 1 aliphatic heterocycles. The minimum absolute atomic E-state index is 0.533. The molecule has 2 nitrogen and oxygen atoms in total. The van der Waals surface area contributed by atoms with Gasteiger partial charge in [-0.2, -0.15) is 0 Å². The van der Waals surface area contributed by atoms with Gasteiger partial charge in [-0.3, -0.25) is 0 Å². The quantitative estimate of drug-likeness (QED) is 0.818. The fourth-order valence-corrected chi connectivity index (χ4v) is 2.42. The molecule has 0 saturated heterocycles. The van der Waals surface area contributed by atoms with Crippen molar-refractivity contribution >= 4 is 0 Å². The first-order valence-electron chi connectivity index (χ1n) is 5.69. The van der Waals surface area contributed by atoms with Gasteiger partial charge in [-0.05, 0) is 36.1 Å². The number of hydrogen-bond acceptors (Lipinski definition) is 2. The Hall–Kier alpha value is -0.860. The van der Waals surface area contributed by atoms with E-state index in [4.69, 9.17) is 4.74 Å². The van der Waals surface area contributed by atoms with Crippen molar-refractivity contribution in [3.63, 3.8) is 0 Å². The van der Waals surface area contributed by atoms with Gasteiger partial charge < -0.3 is 10.1 Å². The third-order valence-corrected chi connectivity index (χ3v) is 3.16. The predicted octanol–water partition coefficient (Wildman–Crippen LogP) is 2.43. The van der Waals surface area contributed by atoms with Crippen LogP contribution in [0.25, 0.3) is 0 Å². The second-order valence-electron chi connectivity index (χ2n) is 4.08. The van der Waals surface area contributed by atoms with Crippen LogP contribution in [0.5, 0.6) is 0 Å². The van der Waals surface area contributed by atoms with Crippen LogP contribution in [-0.4, -0.2) is 13.7 Å². The SMILES string of the molecule is CCC1NCCc2c(COC)cccc21. The summed E-state index contributed by atoms with van der Waals surface area (Å²) in [6, 6.07) is 7.10. The molecular weight excluding hydrogens is 186 g/mol. The molecule has 0 aliphatic carbocycles. The highest BCUT2D eigenvalue weighted by molar-refractivity contribution is 5.38. The average Bonchev–Trinajstić information content (AvgIpc) is 2.29. The number of rotatable bonds is 3. The van der Waals surface area contributed by atoms with Crippen LogP contribution in [0.2, 0.25) is 0 Å². The zero-order valence-electron chi connectivity index (χ0n) is 9.55. The predicted molar refractivity (Wildman–Crippen MR) is 61.9 cm³/mol.